The van der Waals surface area contributed by atoms with Crippen LogP contribution < -0.4 is 4.90 Å². The second kappa shape index (κ2) is 8.68. The SMILES string of the molecule is CC(C)N(C(=O)COC(=O)C=Cc1ccc(I)o1)c1ccccc1. The average Bonchev–Trinajstić information content (AvgIpc) is 2.97. The van der Waals surface area contributed by atoms with Crippen molar-refractivity contribution in [2.24, 2.45) is 0 Å². The predicted molar refractivity (Wildman–Crippen MR) is 100 cm³/mol. The number of esters is 1. The van der Waals surface area contributed by atoms with Gasteiger partial charge >= 0.3 is 5.97 Å². The quantitative estimate of drug-likeness (QED) is 0.390. The van der Waals surface area contributed by atoms with E-state index < -0.39 is 5.97 Å². The van der Waals surface area contributed by atoms with E-state index in [2.05, 4.69) is 0 Å². The van der Waals surface area contributed by atoms with Crippen molar-refractivity contribution >= 4 is 46.2 Å². The number of amides is 1. The highest BCUT2D eigenvalue weighted by Gasteiger charge is 2.19. The number of para-hydroxylation sites is 1. The van der Waals surface area contributed by atoms with Gasteiger partial charge in [-0.2, -0.15) is 0 Å². The Morgan fingerprint density at radius 2 is 1.92 bits per heavy atom. The third kappa shape index (κ3) is 5.23. The van der Waals surface area contributed by atoms with E-state index in [0.717, 1.165) is 9.45 Å². The highest BCUT2D eigenvalue weighted by atomic mass is 127. The Bertz CT molecular complexity index is 722. The van der Waals surface area contributed by atoms with Crippen LogP contribution in [0.15, 0.2) is 53.0 Å². The second-order valence-electron chi connectivity index (χ2n) is 5.28. The molecule has 1 aromatic carbocycles. The third-order valence-electron chi connectivity index (χ3n) is 3.14. The number of carbonyl (C=O) groups excluding carboxylic acids is 2. The first-order valence-electron chi connectivity index (χ1n) is 7.44. The monoisotopic (exact) mass is 439 g/mol. The van der Waals surface area contributed by atoms with Crippen molar-refractivity contribution in [2.75, 3.05) is 11.5 Å². The number of ether oxygens (including phenoxy) is 1. The van der Waals surface area contributed by atoms with Crippen molar-refractivity contribution in [3.05, 3.63) is 58.1 Å². The van der Waals surface area contributed by atoms with Crippen LogP contribution in [0.2, 0.25) is 0 Å². The summed E-state index contributed by atoms with van der Waals surface area (Å²) in [5, 5.41) is 0. The molecule has 1 amide bonds. The van der Waals surface area contributed by atoms with Crippen LogP contribution in [-0.2, 0) is 14.3 Å². The van der Waals surface area contributed by atoms with Gasteiger partial charge in [0.2, 0.25) is 0 Å². The summed E-state index contributed by atoms with van der Waals surface area (Å²) in [6.45, 7) is 3.50. The highest BCUT2D eigenvalue weighted by Crippen LogP contribution is 2.17. The van der Waals surface area contributed by atoms with Crippen LogP contribution in [0.1, 0.15) is 19.6 Å². The maximum Gasteiger partial charge on any atom is 0.331 e. The third-order valence-corrected chi connectivity index (χ3v) is 3.71. The lowest BCUT2D eigenvalue weighted by molar-refractivity contribution is -0.143. The Kier molecular flexibility index (Phi) is 6.60. The summed E-state index contributed by atoms with van der Waals surface area (Å²) in [5.41, 5.74) is 0.772. The normalized spacial score (nSPS) is 11.0. The van der Waals surface area contributed by atoms with E-state index in [1.165, 1.54) is 12.2 Å². The molecule has 0 saturated heterocycles. The Labute approximate surface area is 154 Å². The molecule has 0 aliphatic carbocycles. The molecule has 0 atom stereocenters. The van der Waals surface area contributed by atoms with E-state index in [4.69, 9.17) is 9.15 Å². The number of carbonyl (C=O) groups is 2. The predicted octanol–water partition coefficient (Wildman–Crippen LogP) is 3.88. The molecule has 5 nitrogen and oxygen atoms in total. The summed E-state index contributed by atoms with van der Waals surface area (Å²) < 4.78 is 11.1. The number of nitrogens with zero attached hydrogens (tertiary/aromatic N) is 1. The Hall–Kier alpha value is -2.09. The first kappa shape index (κ1) is 18.3. The van der Waals surface area contributed by atoms with Gasteiger partial charge in [-0.25, -0.2) is 4.79 Å². The molecule has 24 heavy (non-hydrogen) atoms. The molecule has 0 saturated carbocycles. The largest absolute Gasteiger partial charge is 0.452 e. The van der Waals surface area contributed by atoms with Crippen LogP contribution in [0, 0.1) is 3.77 Å². The first-order chi connectivity index (χ1) is 11.5. The van der Waals surface area contributed by atoms with E-state index in [1.807, 2.05) is 66.8 Å². The number of rotatable bonds is 6. The van der Waals surface area contributed by atoms with Gasteiger partial charge in [0.1, 0.15) is 5.76 Å². The van der Waals surface area contributed by atoms with Crippen molar-refractivity contribution in [2.45, 2.75) is 19.9 Å². The average molecular weight is 439 g/mol. The summed E-state index contributed by atoms with van der Waals surface area (Å²) in [7, 11) is 0. The van der Waals surface area contributed by atoms with Gasteiger partial charge < -0.3 is 14.1 Å². The van der Waals surface area contributed by atoms with Crippen LogP contribution in [0.5, 0.6) is 0 Å². The van der Waals surface area contributed by atoms with Crippen LogP contribution in [0.4, 0.5) is 5.69 Å². The zero-order valence-corrected chi connectivity index (χ0v) is 15.6. The van der Waals surface area contributed by atoms with Crippen molar-refractivity contribution < 1.29 is 18.7 Å². The van der Waals surface area contributed by atoms with Gasteiger partial charge in [0.05, 0.1) is 0 Å². The Balaban J connectivity index is 1.93. The topological polar surface area (TPSA) is 59.8 Å². The van der Waals surface area contributed by atoms with Gasteiger partial charge in [-0.1, -0.05) is 18.2 Å². The molecule has 0 radical (unpaired) electrons. The standard InChI is InChI=1S/C18H18INO4/c1-13(2)20(14-6-4-3-5-7-14)17(21)12-23-18(22)11-9-15-8-10-16(19)24-15/h3-11,13H,12H2,1-2H3. The fourth-order valence-corrected chi connectivity index (χ4v) is 2.57. The number of hydrogen-bond acceptors (Lipinski definition) is 4. The van der Waals surface area contributed by atoms with Crippen molar-refractivity contribution in [1.29, 1.82) is 0 Å². The van der Waals surface area contributed by atoms with Gasteiger partial charge in [0, 0.05) is 17.8 Å². The Morgan fingerprint density at radius 1 is 1.21 bits per heavy atom. The number of anilines is 1. The lowest BCUT2D eigenvalue weighted by atomic mass is 10.2. The molecule has 1 aromatic heterocycles. The second-order valence-corrected chi connectivity index (χ2v) is 6.34. The molecule has 6 heteroatoms. The fraction of sp³-hybridized carbons (Fsp3) is 0.222. The summed E-state index contributed by atoms with van der Waals surface area (Å²) in [5.74, 6) is -0.312. The summed E-state index contributed by atoms with van der Waals surface area (Å²) in [4.78, 5) is 25.7. The molecule has 0 bridgehead atoms. The van der Waals surface area contributed by atoms with E-state index in [9.17, 15) is 9.59 Å². The summed E-state index contributed by atoms with van der Waals surface area (Å²) in [6, 6.07) is 12.8. The van der Waals surface area contributed by atoms with Crippen LogP contribution in [-0.4, -0.2) is 24.5 Å². The molecule has 0 aliphatic rings. The number of furan rings is 1. The van der Waals surface area contributed by atoms with Gasteiger partial charge in [-0.3, -0.25) is 4.79 Å². The minimum atomic E-state index is -0.591. The maximum atomic E-state index is 12.4. The molecule has 1 heterocycles. The lowest BCUT2D eigenvalue weighted by Crippen LogP contribution is -2.39. The minimum absolute atomic E-state index is 0.0423. The smallest absolute Gasteiger partial charge is 0.331 e. The van der Waals surface area contributed by atoms with Crippen molar-refractivity contribution in [3.8, 4) is 0 Å². The van der Waals surface area contributed by atoms with E-state index in [0.29, 0.717) is 5.76 Å². The maximum absolute atomic E-state index is 12.4. The molecule has 2 rings (SSSR count). The molecule has 0 fully saturated rings. The summed E-state index contributed by atoms with van der Waals surface area (Å²) >= 11 is 2.03. The highest BCUT2D eigenvalue weighted by molar-refractivity contribution is 14.1. The van der Waals surface area contributed by atoms with Crippen molar-refractivity contribution in [1.82, 2.24) is 0 Å². The molecule has 0 N–H and O–H groups in total. The van der Waals surface area contributed by atoms with E-state index >= 15 is 0 Å². The summed E-state index contributed by atoms with van der Waals surface area (Å²) in [6.07, 6.45) is 2.75. The van der Waals surface area contributed by atoms with Crippen LogP contribution in [0.3, 0.4) is 0 Å². The van der Waals surface area contributed by atoms with Gasteiger partial charge in [0.25, 0.3) is 5.91 Å². The number of halogens is 1. The fourth-order valence-electron chi connectivity index (χ4n) is 2.14. The molecule has 126 valence electrons. The zero-order valence-electron chi connectivity index (χ0n) is 13.4. The molecule has 0 unspecified atom stereocenters. The Morgan fingerprint density at radius 3 is 2.50 bits per heavy atom. The lowest BCUT2D eigenvalue weighted by Gasteiger charge is -2.26. The van der Waals surface area contributed by atoms with Crippen LogP contribution >= 0.6 is 22.6 Å². The van der Waals surface area contributed by atoms with E-state index in [-0.39, 0.29) is 18.6 Å². The molecular weight excluding hydrogens is 421 g/mol. The van der Waals surface area contributed by atoms with Crippen molar-refractivity contribution in [3.63, 3.8) is 0 Å². The molecule has 0 spiro atoms. The molecule has 2 aromatic rings. The van der Waals surface area contributed by atoms with Gasteiger partial charge in [0.15, 0.2) is 10.4 Å². The van der Waals surface area contributed by atoms with Crippen LogP contribution in [0.25, 0.3) is 6.08 Å². The number of hydrogen-bond donors (Lipinski definition) is 0. The molecule has 0 aliphatic heterocycles. The minimum Gasteiger partial charge on any atom is -0.452 e. The number of benzene rings is 1. The first-order valence-corrected chi connectivity index (χ1v) is 8.52. The zero-order chi connectivity index (χ0) is 17.5. The van der Waals surface area contributed by atoms with Gasteiger partial charge in [-0.15, -0.1) is 0 Å². The van der Waals surface area contributed by atoms with Gasteiger partial charge in [-0.05, 0) is 66.8 Å². The molecular formula is C18H18INO4. The van der Waals surface area contributed by atoms with E-state index in [1.54, 1.807) is 17.0 Å².